The van der Waals surface area contributed by atoms with E-state index in [0.29, 0.717) is 0 Å². The molecule has 1 heteroatoms. The number of rotatable bonds is 17. The minimum atomic E-state index is 1.17. The van der Waals surface area contributed by atoms with E-state index in [2.05, 4.69) is 18.3 Å². The standard InChI is InChI=1S/C22H40N/c1-2-3-4-5-6-7-8-9-10-11-12-13-14-15-16-17-19-22-20-18-21-23-22/h18,20-21H,2-17,19H2,1H3. The number of hydrogen-bond donors (Lipinski definition) is 0. The molecule has 0 fully saturated rings. The summed E-state index contributed by atoms with van der Waals surface area (Å²) in [6.07, 6.45) is 30.3. The second kappa shape index (κ2) is 16.1. The smallest absolute Gasteiger partial charge is 0.0404 e. The fraction of sp³-hybridized carbons (Fsp3) is 0.818. The van der Waals surface area contributed by atoms with Crippen molar-refractivity contribution in [3.05, 3.63) is 24.0 Å². The summed E-state index contributed by atoms with van der Waals surface area (Å²) < 4.78 is 0. The molecule has 0 saturated heterocycles. The molecule has 0 spiro atoms. The number of nitrogens with zero attached hydrogens (tertiary/aromatic N) is 1. The molecule has 1 nitrogen and oxygen atoms in total. The van der Waals surface area contributed by atoms with Gasteiger partial charge >= 0.3 is 0 Å². The highest BCUT2D eigenvalue weighted by Crippen LogP contribution is 2.15. The van der Waals surface area contributed by atoms with Crippen molar-refractivity contribution in [1.82, 2.24) is 5.32 Å². The number of allylic oxidation sites excluding steroid dienone is 3. The van der Waals surface area contributed by atoms with Crippen LogP contribution in [-0.2, 0) is 0 Å². The van der Waals surface area contributed by atoms with Crippen molar-refractivity contribution in [3.63, 3.8) is 0 Å². The summed E-state index contributed by atoms with van der Waals surface area (Å²) in [6, 6.07) is 0. The van der Waals surface area contributed by atoms with Crippen LogP contribution in [-0.4, -0.2) is 0 Å². The van der Waals surface area contributed by atoms with Crippen molar-refractivity contribution >= 4 is 0 Å². The molecular weight excluding hydrogens is 278 g/mol. The molecule has 0 amide bonds. The van der Waals surface area contributed by atoms with E-state index in [1.165, 1.54) is 115 Å². The summed E-state index contributed by atoms with van der Waals surface area (Å²) in [5.74, 6) is 0. The van der Waals surface area contributed by atoms with Gasteiger partial charge in [-0.05, 0) is 25.0 Å². The van der Waals surface area contributed by atoms with Crippen molar-refractivity contribution < 1.29 is 0 Å². The van der Waals surface area contributed by atoms with E-state index in [0.717, 1.165) is 0 Å². The van der Waals surface area contributed by atoms with Gasteiger partial charge in [0.2, 0.25) is 0 Å². The Balaban J connectivity index is 1.65. The van der Waals surface area contributed by atoms with Crippen molar-refractivity contribution in [3.8, 4) is 0 Å². The van der Waals surface area contributed by atoms with Crippen LogP contribution in [0.3, 0.4) is 0 Å². The van der Waals surface area contributed by atoms with Gasteiger partial charge in [-0.15, -0.1) is 0 Å². The van der Waals surface area contributed by atoms with E-state index in [1.807, 2.05) is 12.3 Å². The van der Waals surface area contributed by atoms with E-state index in [9.17, 15) is 0 Å². The molecule has 1 rings (SSSR count). The van der Waals surface area contributed by atoms with Crippen molar-refractivity contribution in [2.24, 2.45) is 0 Å². The first-order valence-corrected chi connectivity index (χ1v) is 10.5. The first kappa shape index (κ1) is 20.3. The topological polar surface area (TPSA) is 14.1 Å². The average molecular weight is 319 g/mol. The highest BCUT2D eigenvalue weighted by molar-refractivity contribution is 5.18. The zero-order valence-corrected chi connectivity index (χ0v) is 15.7. The Kier molecular flexibility index (Phi) is 14.3. The summed E-state index contributed by atoms with van der Waals surface area (Å²) in [7, 11) is 0. The van der Waals surface area contributed by atoms with E-state index < -0.39 is 0 Å². The van der Waals surface area contributed by atoms with Gasteiger partial charge in [-0.25, -0.2) is 0 Å². The third kappa shape index (κ3) is 13.4. The minimum absolute atomic E-state index is 1.17. The van der Waals surface area contributed by atoms with Crippen LogP contribution in [0.1, 0.15) is 116 Å². The third-order valence-electron chi connectivity index (χ3n) is 4.90. The monoisotopic (exact) mass is 318 g/mol. The molecule has 0 saturated carbocycles. The fourth-order valence-electron chi connectivity index (χ4n) is 3.34. The highest BCUT2D eigenvalue weighted by atomic mass is 14.9. The third-order valence-corrected chi connectivity index (χ3v) is 4.90. The Morgan fingerprint density at radius 3 is 1.43 bits per heavy atom. The molecule has 1 aliphatic rings. The summed E-state index contributed by atoms with van der Waals surface area (Å²) >= 11 is 0. The van der Waals surface area contributed by atoms with Gasteiger partial charge in [0.15, 0.2) is 0 Å². The SMILES string of the molecule is CCCCCCCCCCCCCCCCCCC1=CC=C[N]1. The maximum atomic E-state index is 4.32. The molecule has 1 heterocycles. The van der Waals surface area contributed by atoms with Gasteiger partial charge in [-0.3, -0.25) is 5.32 Å². The molecule has 0 aliphatic carbocycles. The van der Waals surface area contributed by atoms with Gasteiger partial charge in [0.25, 0.3) is 0 Å². The lowest BCUT2D eigenvalue weighted by Gasteiger charge is -2.04. The first-order valence-electron chi connectivity index (χ1n) is 10.5. The first-order chi connectivity index (χ1) is 11.4. The minimum Gasteiger partial charge on any atom is -0.261 e. The summed E-state index contributed by atoms with van der Waals surface area (Å²) in [5, 5.41) is 4.32. The van der Waals surface area contributed by atoms with E-state index in [1.54, 1.807) is 0 Å². The van der Waals surface area contributed by atoms with Crippen LogP contribution in [0.25, 0.3) is 0 Å². The molecule has 0 N–H and O–H groups in total. The van der Waals surface area contributed by atoms with Crippen LogP contribution in [0, 0.1) is 0 Å². The Morgan fingerprint density at radius 1 is 0.609 bits per heavy atom. The Labute approximate surface area is 146 Å². The zero-order valence-electron chi connectivity index (χ0n) is 15.7. The van der Waals surface area contributed by atoms with Gasteiger partial charge < -0.3 is 0 Å². The molecule has 0 unspecified atom stereocenters. The average Bonchev–Trinajstić information content (AvgIpc) is 3.08. The van der Waals surface area contributed by atoms with Crippen LogP contribution in [0.4, 0.5) is 0 Å². The van der Waals surface area contributed by atoms with Crippen molar-refractivity contribution in [2.45, 2.75) is 116 Å². The van der Waals surface area contributed by atoms with Gasteiger partial charge in [-0.1, -0.05) is 103 Å². The Hall–Kier alpha value is -0.720. The lowest BCUT2D eigenvalue weighted by Crippen LogP contribution is -1.92. The lowest BCUT2D eigenvalue weighted by molar-refractivity contribution is 0.529. The second-order valence-corrected chi connectivity index (χ2v) is 7.18. The normalized spacial score (nSPS) is 13.3. The van der Waals surface area contributed by atoms with Crippen LogP contribution in [0.2, 0.25) is 0 Å². The van der Waals surface area contributed by atoms with Crippen molar-refractivity contribution in [2.75, 3.05) is 0 Å². The molecular formula is C22H40N. The van der Waals surface area contributed by atoms with E-state index in [-0.39, 0.29) is 0 Å². The quantitative estimate of drug-likeness (QED) is 0.244. The Bertz CT molecular complexity index is 303. The fourth-order valence-corrected chi connectivity index (χ4v) is 3.34. The number of unbranched alkanes of at least 4 members (excludes halogenated alkanes) is 15. The molecule has 0 aromatic rings. The number of hydrogen-bond acceptors (Lipinski definition) is 0. The van der Waals surface area contributed by atoms with Crippen LogP contribution < -0.4 is 5.32 Å². The Morgan fingerprint density at radius 2 is 1.04 bits per heavy atom. The lowest BCUT2D eigenvalue weighted by atomic mass is 10.0. The van der Waals surface area contributed by atoms with E-state index >= 15 is 0 Å². The molecule has 0 atom stereocenters. The molecule has 0 bridgehead atoms. The molecule has 1 aliphatic heterocycles. The highest BCUT2D eigenvalue weighted by Gasteiger charge is 2.00. The van der Waals surface area contributed by atoms with Gasteiger partial charge in [0.05, 0.1) is 0 Å². The summed E-state index contributed by atoms with van der Waals surface area (Å²) in [5.41, 5.74) is 1.27. The summed E-state index contributed by atoms with van der Waals surface area (Å²) in [4.78, 5) is 0. The van der Waals surface area contributed by atoms with Gasteiger partial charge in [0, 0.05) is 11.9 Å². The summed E-state index contributed by atoms with van der Waals surface area (Å²) in [6.45, 7) is 2.29. The molecule has 23 heavy (non-hydrogen) atoms. The largest absolute Gasteiger partial charge is 0.261 e. The predicted molar refractivity (Wildman–Crippen MR) is 104 cm³/mol. The van der Waals surface area contributed by atoms with Crippen LogP contribution in [0.15, 0.2) is 24.0 Å². The molecule has 133 valence electrons. The van der Waals surface area contributed by atoms with E-state index in [4.69, 9.17) is 0 Å². The van der Waals surface area contributed by atoms with Crippen molar-refractivity contribution in [1.29, 1.82) is 0 Å². The molecule has 0 aromatic heterocycles. The van der Waals surface area contributed by atoms with Gasteiger partial charge in [0.1, 0.15) is 0 Å². The second-order valence-electron chi connectivity index (χ2n) is 7.18. The molecule has 0 aromatic carbocycles. The zero-order chi connectivity index (χ0) is 16.4. The van der Waals surface area contributed by atoms with Crippen LogP contribution in [0.5, 0.6) is 0 Å². The van der Waals surface area contributed by atoms with Gasteiger partial charge in [-0.2, -0.15) is 0 Å². The predicted octanol–water partition coefficient (Wildman–Crippen LogP) is 7.65. The maximum absolute atomic E-state index is 4.32. The maximum Gasteiger partial charge on any atom is 0.0404 e. The molecule has 1 radical (unpaired) electrons. The van der Waals surface area contributed by atoms with Crippen LogP contribution >= 0.6 is 0 Å².